The van der Waals surface area contributed by atoms with Gasteiger partial charge in [-0.3, -0.25) is 9.59 Å². The van der Waals surface area contributed by atoms with Gasteiger partial charge in [-0.05, 0) is 31.9 Å². The van der Waals surface area contributed by atoms with E-state index in [1.807, 2.05) is 25.1 Å². The molecule has 2 amide bonds. The highest BCUT2D eigenvalue weighted by atomic mass is 16.2. The van der Waals surface area contributed by atoms with E-state index in [1.165, 1.54) is 32.1 Å². The second kappa shape index (κ2) is 9.33. The molecule has 4 nitrogen and oxygen atoms in total. The molecule has 1 aromatic carbocycles. The van der Waals surface area contributed by atoms with Crippen LogP contribution in [0.2, 0.25) is 0 Å². The van der Waals surface area contributed by atoms with E-state index in [1.54, 1.807) is 12.1 Å². The van der Waals surface area contributed by atoms with E-state index in [-0.39, 0.29) is 17.9 Å². The number of nitrogens with one attached hydrogen (secondary N) is 2. The Morgan fingerprint density at radius 1 is 1.04 bits per heavy atom. The normalized spacial score (nSPS) is 17.6. The Morgan fingerprint density at radius 3 is 2.30 bits per heavy atom. The van der Waals surface area contributed by atoms with E-state index in [9.17, 15) is 9.59 Å². The van der Waals surface area contributed by atoms with E-state index in [4.69, 9.17) is 0 Å². The first-order valence-electron chi connectivity index (χ1n) is 8.80. The molecule has 0 radical (unpaired) electrons. The van der Waals surface area contributed by atoms with Crippen LogP contribution in [0.15, 0.2) is 30.3 Å². The van der Waals surface area contributed by atoms with Crippen molar-refractivity contribution in [2.24, 2.45) is 0 Å². The quantitative estimate of drug-likeness (QED) is 0.874. The minimum absolute atomic E-state index is 0.0384. The molecule has 0 bridgehead atoms. The summed E-state index contributed by atoms with van der Waals surface area (Å²) in [4.78, 5) is 24.2. The Kier molecular flexibility index (Phi) is 7.11. The van der Waals surface area contributed by atoms with E-state index in [2.05, 4.69) is 10.6 Å². The van der Waals surface area contributed by atoms with Crippen molar-refractivity contribution in [1.82, 2.24) is 10.6 Å². The van der Waals surface area contributed by atoms with Gasteiger partial charge in [0.15, 0.2) is 0 Å². The maximum absolute atomic E-state index is 12.2. The van der Waals surface area contributed by atoms with Gasteiger partial charge in [-0.15, -0.1) is 0 Å². The monoisotopic (exact) mass is 316 g/mol. The fourth-order valence-corrected chi connectivity index (χ4v) is 3.11. The van der Waals surface area contributed by atoms with E-state index >= 15 is 0 Å². The summed E-state index contributed by atoms with van der Waals surface area (Å²) in [6, 6.07) is 9.23. The van der Waals surface area contributed by atoms with Gasteiger partial charge in [0, 0.05) is 24.1 Å². The summed E-state index contributed by atoms with van der Waals surface area (Å²) in [6.07, 6.45) is 8.76. The summed E-state index contributed by atoms with van der Waals surface area (Å²) in [5.41, 5.74) is 0.625. The first-order valence-corrected chi connectivity index (χ1v) is 8.80. The molecular weight excluding hydrogens is 288 g/mol. The summed E-state index contributed by atoms with van der Waals surface area (Å²) in [5, 5.41) is 6.03. The van der Waals surface area contributed by atoms with Gasteiger partial charge in [0.25, 0.3) is 5.91 Å². The highest BCUT2D eigenvalue weighted by Crippen LogP contribution is 2.17. The Balaban J connectivity index is 1.74. The van der Waals surface area contributed by atoms with Crippen LogP contribution in [-0.4, -0.2) is 23.9 Å². The topological polar surface area (TPSA) is 58.2 Å². The van der Waals surface area contributed by atoms with E-state index < -0.39 is 0 Å². The number of hydrogen-bond donors (Lipinski definition) is 2. The minimum atomic E-state index is -0.170. The number of rotatable bonds is 5. The predicted octanol–water partition coefficient (Wildman–Crippen LogP) is 3.42. The van der Waals surface area contributed by atoms with Gasteiger partial charge in [-0.2, -0.15) is 0 Å². The summed E-state index contributed by atoms with van der Waals surface area (Å²) in [6.45, 7) is 1.87. The van der Waals surface area contributed by atoms with Crippen molar-refractivity contribution in [3.05, 3.63) is 35.9 Å². The Morgan fingerprint density at radius 2 is 1.65 bits per heavy atom. The lowest BCUT2D eigenvalue weighted by molar-refractivity contribution is -0.122. The average molecular weight is 316 g/mol. The molecule has 1 aromatic rings. The molecule has 0 heterocycles. The lowest BCUT2D eigenvalue weighted by Gasteiger charge is -2.22. The molecule has 1 atom stereocenters. The highest BCUT2D eigenvalue weighted by Gasteiger charge is 2.17. The lowest BCUT2D eigenvalue weighted by Crippen LogP contribution is -2.41. The first-order chi connectivity index (χ1) is 11.1. The van der Waals surface area contributed by atoms with Crippen molar-refractivity contribution in [2.75, 3.05) is 0 Å². The zero-order chi connectivity index (χ0) is 16.5. The molecule has 1 aliphatic carbocycles. The number of carbonyl (C=O) groups excluding carboxylic acids is 2. The molecule has 0 aromatic heterocycles. The third-order valence-electron chi connectivity index (χ3n) is 4.38. The SMILES string of the molecule is CC(CC(=O)NC1CCCCCCC1)NC(=O)c1ccccc1. The number of benzene rings is 1. The summed E-state index contributed by atoms with van der Waals surface area (Å²) in [5.74, 6) is -0.0895. The molecule has 23 heavy (non-hydrogen) atoms. The van der Waals surface area contributed by atoms with Gasteiger partial charge in [0.1, 0.15) is 0 Å². The molecule has 1 fully saturated rings. The van der Waals surface area contributed by atoms with Crippen LogP contribution in [0.25, 0.3) is 0 Å². The van der Waals surface area contributed by atoms with Gasteiger partial charge >= 0.3 is 0 Å². The van der Waals surface area contributed by atoms with Crippen LogP contribution in [0.4, 0.5) is 0 Å². The Labute approximate surface area is 139 Å². The number of amides is 2. The average Bonchev–Trinajstić information content (AvgIpc) is 2.50. The molecule has 2 rings (SSSR count). The Hall–Kier alpha value is -1.84. The maximum atomic E-state index is 12.2. The van der Waals surface area contributed by atoms with E-state index in [0.717, 1.165) is 12.8 Å². The molecule has 126 valence electrons. The molecule has 1 aliphatic rings. The van der Waals surface area contributed by atoms with Gasteiger partial charge in [-0.1, -0.05) is 50.3 Å². The minimum Gasteiger partial charge on any atom is -0.353 e. The van der Waals surface area contributed by atoms with E-state index in [0.29, 0.717) is 18.0 Å². The molecular formula is C19H28N2O2. The third kappa shape index (κ3) is 6.43. The fourth-order valence-electron chi connectivity index (χ4n) is 3.11. The van der Waals surface area contributed by atoms with Gasteiger partial charge < -0.3 is 10.6 Å². The smallest absolute Gasteiger partial charge is 0.251 e. The van der Waals surface area contributed by atoms with Crippen molar-refractivity contribution < 1.29 is 9.59 Å². The first kappa shape index (κ1) is 17.5. The van der Waals surface area contributed by atoms with Crippen molar-refractivity contribution in [2.45, 2.75) is 70.4 Å². The van der Waals surface area contributed by atoms with Crippen molar-refractivity contribution in [3.63, 3.8) is 0 Å². The van der Waals surface area contributed by atoms with Crippen LogP contribution in [0.3, 0.4) is 0 Å². The zero-order valence-corrected chi connectivity index (χ0v) is 14.0. The summed E-state index contributed by atoms with van der Waals surface area (Å²) >= 11 is 0. The standard InChI is InChI=1S/C19H28N2O2/c1-15(20-19(23)16-10-6-5-7-11-16)14-18(22)21-17-12-8-3-2-4-9-13-17/h5-7,10-11,15,17H,2-4,8-9,12-14H2,1H3,(H,20,23)(H,21,22). The van der Waals surface area contributed by atoms with Crippen molar-refractivity contribution >= 4 is 11.8 Å². The molecule has 1 saturated carbocycles. The molecule has 4 heteroatoms. The van der Waals surface area contributed by atoms with Crippen LogP contribution in [0, 0.1) is 0 Å². The summed E-state index contributed by atoms with van der Waals surface area (Å²) in [7, 11) is 0. The predicted molar refractivity (Wildman–Crippen MR) is 92.2 cm³/mol. The summed E-state index contributed by atoms with van der Waals surface area (Å²) < 4.78 is 0. The van der Waals surface area contributed by atoms with Crippen LogP contribution < -0.4 is 10.6 Å². The molecule has 2 N–H and O–H groups in total. The number of carbonyl (C=O) groups is 2. The van der Waals surface area contributed by atoms with Crippen LogP contribution in [0.5, 0.6) is 0 Å². The van der Waals surface area contributed by atoms with Crippen LogP contribution in [0.1, 0.15) is 68.6 Å². The lowest BCUT2D eigenvalue weighted by atomic mass is 9.96. The maximum Gasteiger partial charge on any atom is 0.251 e. The molecule has 0 aliphatic heterocycles. The molecule has 0 spiro atoms. The fraction of sp³-hybridized carbons (Fsp3) is 0.579. The van der Waals surface area contributed by atoms with Crippen molar-refractivity contribution in [1.29, 1.82) is 0 Å². The third-order valence-corrected chi connectivity index (χ3v) is 4.38. The van der Waals surface area contributed by atoms with Gasteiger partial charge in [0.05, 0.1) is 0 Å². The van der Waals surface area contributed by atoms with Crippen LogP contribution in [-0.2, 0) is 4.79 Å². The zero-order valence-electron chi connectivity index (χ0n) is 14.0. The Bertz CT molecular complexity index is 493. The van der Waals surface area contributed by atoms with Gasteiger partial charge in [-0.25, -0.2) is 0 Å². The highest BCUT2D eigenvalue weighted by molar-refractivity contribution is 5.94. The molecule has 0 saturated heterocycles. The number of hydrogen-bond acceptors (Lipinski definition) is 2. The van der Waals surface area contributed by atoms with Gasteiger partial charge in [0.2, 0.25) is 5.91 Å². The second-order valence-electron chi connectivity index (χ2n) is 6.55. The van der Waals surface area contributed by atoms with Crippen molar-refractivity contribution in [3.8, 4) is 0 Å². The van der Waals surface area contributed by atoms with Crippen LogP contribution >= 0.6 is 0 Å². The second-order valence-corrected chi connectivity index (χ2v) is 6.55. The largest absolute Gasteiger partial charge is 0.353 e. The molecule has 1 unspecified atom stereocenters.